The number of rotatable bonds is 3. The first-order valence-electron chi connectivity index (χ1n) is 5.37. The third-order valence-electron chi connectivity index (χ3n) is 2.74. The Balaban J connectivity index is 2.13. The minimum absolute atomic E-state index is 0.0207. The van der Waals surface area contributed by atoms with E-state index in [4.69, 9.17) is 15.6 Å². The molecule has 6 nitrogen and oxygen atoms in total. The monoisotopic (exact) mass is 271 g/mol. The number of hydrogen-bond donors (Lipinski definition) is 2. The van der Waals surface area contributed by atoms with Gasteiger partial charge in [-0.2, -0.15) is 0 Å². The molecule has 0 aliphatic carbocycles. The molecule has 0 radical (unpaired) electrons. The van der Waals surface area contributed by atoms with Crippen LogP contribution < -0.4 is 10.5 Å². The van der Waals surface area contributed by atoms with Crippen molar-refractivity contribution in [3.8, 4) is 5.75 Å². The Bertz CT molecular complexity index is 581. The van der Waals surface area contributed by atoms with Crippen LogP contribution in [0.5, 0.6) is 5.75 Å². The topological polar surface area (TPSA) is 107 Å². The molecule has 0 spiro atoms. The highest BCUT2D eigenvalue weighted by atomic mass is 32.2. The van der Waals surface area contributed by atoms with Crippen LogP contribution in [0.15, 0.2) is 18.2 Å². The first-order chi connectivity index (χ1) is 8.37. The van der Waals surface area contributed by atoms with Gasteiger partial charge in [-0.25, -0.2) is 13.2 Å². The zero-order valence-corrected chi connectivity index (χ0v) is 10.3. The molecule has 2 rings (SSSR count). The standard InChI is InChI=1S/C11H13NO5S/c12-9-5-7(11(13)14)1-2-10(9)17-8-3-4-18(15,16)6-8/h1-2,5,8H,3-4,6,12H2,(H,13,14). The predicted molar refractivity (Wildman–Crippen MR) is 65.5 cm³/mol. The molecule has 7 heteroatoms. The number of ether oxygens (including phenoxy) is 1. The lowest BCUT2D eigenvalue weighted by atomic mass is 10.2. The number of nitrogens with two attached hydrogens (primary N) is 1. The molecule has 1 aliphatic heterocycles. The van der Waals surface area contributed by atoms with Crippen molar-refractivity contribution in [1.82, 2.24) is 0 Å². The molecule has 1 aromatic rings. The molecule has 3 N–H and O–H groups in total. The van der Waals surface area contributed by atoms with E-state index in [1.807, 2.05) is 0 Å². The van der Waals surface area contributed by atoms with Crippen molar-refractivity contribution in [1.29, 1.82) is 0 Å². The van der Waals surface area contributed by atoms with Crippen molar-refractivity contribution in [2.75, 3.05) is 17.2 Å². The molecule has 1 saturated heterocycles. The zero-order valence-electron chi connectivity index (χ0n) is 9.50. The smallest absolute Gasteiger partial charge is 0.335 e. The minimum atomic E-state index is -3.01. The lowest BCUT2D eigenvalue weighted by molar-refractivity contribution is 0.0697. The minimum Gasteiger partial charge on any atom is -0.487 e. The molecule has 98 valence electrons. The normalized spacial score (nSPS) is 21.7. The number of benzene rings is 1. The first-order valence-corrected chi connectivity index (χ1v) is 7.19. The maximum atomic E-state index is 11.3. The summed E-state index contributed by atoms with van der Waals surface area (Å²) < 4.78 is 28.0. The molecule has 1 heterocycles. The molecule has 1 fully saturated rings. The average molecular weight is 271 g/mol. The number of sulfone groups is 1. The van der Waals surface area contributed by atoms with Crippen LogP contribution in [0.2, 0.25) is 0 Å². The molecule has 1 aromatic carbocycles. The Kier molecular flexibility index (Phi) is 3.16. The van der Waals surface area contributed by atoms with E-state index in [0.29, 0.717) is 12.2 Å². The summed E-state index contributed by atoms with van der Waals surface area (Å²) >= 11 is 0. The highest BCUT2D eigenvalue weighted by Gasteiger charge is 2.29. The van der Waals surface area contributed by atoms with Gasteiger partial charge in [0.25, 0.3) is 0 Å². The van der Waals surface area contributed by atoms with Crippen LogP contribution in [0.3, 0.4) is 0 Å². The lowest BCUT2D eigenvalue weighted by Crippen LogP contribution is -2.18. The molecule has 1 unspecified atom stereocenters. The second-order valence-corrected chi connectivity index (χ2v) is 6.43. The molecule has 1 aliphatic rings. The van der Waals surface area contributed by atoms with E-state index in [-0.39, 0.29) is 22.8 Å². The van der Waals surface area contributed by atoms with Crippen molar-refractivity contribution in [2.45, 2.75) is 12.5 Å². The number of carboxylic acid groups (broad SMARTS) is 1. The molecule has 0 bridgehead atoms. The Morgan fingerprint density at radius 2 is 2.17 bits per heavy atom. The molecule has 0 amide bonds. The SMILES string of the molecule is Nc1cc(C(=O)O)ccc1OC1CCS(=O)(=O)C1. The number of aromatic carboxylic acids is 1. The zero-order chi connectivity index (χ0) is 13.3. The number of nitrogen functional groups attached to an aromatic ring is 1. The van der Waals surface area contributed by atoms with Crippen LogP contribution in [-0.2, 0) is 9.84 Å². The summed E-state index contributed by atoms with van der Waals surface area (Å²) in [6, 6.07) is 4.11. The quantitative estimate of drug-likeness (QED) is 0.777. The highest BCUT2D eigenvalue weighted by Crippen LogP contribution is 2.26. The van der Waals surface area contributed by atoms with Crippen molar-refractivity contribution >= 4 is 21.5 Å². The second-order valence-electron chi connectivity index (χ2n) is 4.20. The Morgan fingerprint density at radius 1 is 1.44 bits per heavy atom. The van der Waals surface area contributed by atoms with Crippen molar-refractivity contribution in [2.24, 2.45) is 0 Å². The van der Waals surface area contributed by atoms with Gasteiger partial charge in [0.15, 0.2) is 9.84 Å². The maximum Gasteiger partial charge on any atom is 0.335 e. The third kappa shape index (κ3) is 2.73. The van der Waals surface area contributed by atoms with E-state index in [1.54, 1.807) is 0 Å². The molecular formula is C11H13NO5S. The van der Waals surface area contributed by atoms with Crippen LogP contribution in [0.25, 0.3) is 0 Å². The molecule has 0 aromatic heterocycles. The summed E-state index contributed by atoms with van der Waals surface area (Å²) in [5.41, 5.74) is 5.93. The average Bonchev–Trinajstić information content (AvgIpc) is 2.61. The van der Waals surface area contributed by atoms with Crippen molar-refractivity contribution in [3.05, 3.63) is 23.8 Å². The van der Waals surface area contributed by atoms with Crippen LogP contribution in [0.1, 0.15) is 16.8 Å². The van der Waals surface area contributed by atoms with Gasteiger partial charge in [-0.1, -0.05) is 0 Å². The van der Waals surface area contributed by atoms with Crippen LogP contribution >= 0.6 is 0 Å². The van der Waals surface area contributed by atoms with Crippen LogP contribution in [0.4, 0.5) is 5.69 Å². The predicted octanol–water partition coefficient (Wildman–Crippen LogP) is 0.533. The Labute approximate surface area is 104 Å². The van der Waals surface area contributed by atoms with Gasteiger partial charge in [-0.3, -0.25) is 0 Å². The summed E-state index contributed by atoms with van der Waals surface area (Å²) in [7, 11) is -3.01. The molecule has 1 atom stereocenters. The van der Waals surface area contributed by atoms with Gasteiger partial charge in [-0.15, -0.1) is 0 Å². The number of carboxylic acids is 1. The molecular weight excluding hydrogens is 258 g/mol. The number of hydrogen-bond acceptors (Lipinski definition) is 5. The maximum absolute atomic E-state index is 11.3. The van der Waals surface area contributed by atoms with E-state index >= 15 is 0 Å². The van der Waals surface area contributed by atoms with Gasteiger partial charge in [0.05, 0.1) is 22.8 Å². The van der Waals surface area contributed by atoms with E-state index < -0.39 is 21.9 Å². The summed E-state index contributed by atoms with van der Waals surface area (Å²) in [6.07, 6.45) is 0.0237. The summed E-state index contributed by atoms with van der Waals surface area (Å²) in [5.74, 6) is -0.656. The summed E-state index contributed by atoms with van der Waals surface area (Å²) in [5, 5.41) is 8.78. The molecule has 18 heavy (non-hydrogen) atoms. The fourth-order valence-corrected chi connectivity index (χ4v) is 3.41. The van der Waals surface area contributed by atoms with E-state index in [1.165, 1.54) is 18.2 Å². The molecule has 0 saturated carbocycles. The van der Waals surface area contributed by atoms with Crippen LogP contribution in [-0.4, -0.2) is 37.1 Å². The number of carbonyl (C=O) groups is 1. The first kappa shape index (κ1) is 12.7. The Morgan fingerprint density at radius 3 is 2.67 bits per heavy atom. The van der Waals surface area contributed by atoms with E-state index in [2.05, 4.69) is 0 Å². The van der Waals surface area contributed by atoms with Gasteiger partial charge < -0.3 is 15.6 Å². The van der Waals surface area contributed by atoms with E-state index in [9.17, 15) is 13.2 Å². The Hall–Kier alpha value is -1.76. The van der Waals surface area contributed by atoms with Crippen molar-refractivity contribution < 1.29 is 23.1 Å². The van der Waals surface area contributed by atoms with Crippen molar-refractivity contribution in [3.63, 3.8) is 0 Å². The van der Waals surface area contributed by atoms with Crippen LogP contribution in [0, 0.1) is 0 Å². The van der Waals surface area contributed by atoms with Gasteiger partial charge in [0.1, 0.15) is 11.9 Å². The number of anilines is 1. The fourth-order valence-electron chi connectivity index (χ4n) is 1.82. The third-order valence-corrected chi connectivity index (χ3v) is 4.48. The second kappa shape index (κ2) is 4.49. The summed E-state index contributed by atoms with van der Waals surface area (Å²) in [6.45, 7) is 0. The van der Waals surface area contributed by atoms with Gasteiger partial charge in [0, 0.05) is 0 Å². The van der Waals surface area contributed by atoms with E-state index in [0.717, 1.165) is 0 Å². The summed E-state index contributed by atoms with van der Waals surface area (Å²) in [4.78, 5) is 10.7. The largest absolute Gasteiger partial charge is 0.487 e. The highest BCUT2D eigenvalue weighted by molar-refractivity contribution is 7.91. The lowest BCUT2D eigenvalue weighted by Gasteiger charge is -2.14. The fraction of sp³-hybridized carbons (Fsp3) is 0.364. The van der Waals surface area contributed by atoms with Gasteiger partial charge >= 0.3 is 5.97 Å². The van der Waals surface area contributed by atoms with Gasteiger partial charge in [0.2, 0.25) is 0 Å². The van der Waals surface area contributed by atoms with Gasteiger partial charge in [-0.05, 0) is 24.6 Å².